The fraction of sp³-hybridized carbons (Fsp3) is 0.278. The van der Waals surface area contributed by atoms with Gasteiger partial charge in [0.1, 0.15) is 11.4 Å². The summed E-state index contributed by atoms with van der Waals surface area (Å²) in [6.07, 6.45) is 0. The lowest BCUT2D eigenvalue weighted by atomic mass is 9.92. The van der Waals surface area contributed by atoms with Gasteiger partial charge in [-0.05, 0) is 42.3 Å². The van der Waals surface area contributed by atoms with E-state index in [0.29, 0.717) is 11.1 Å². The van der Waals surface area contributed by atoms with Gasteiger partial charge in [0.2, 0.25) is 5.91 Å². The second kappa shape index (κ2) is 9.29. The van der Waals surface area contributed by atoms with Crippen molar-refractivity contribution in [2.45, 2.75) is 25.6 Å². The highest BCUT2D eigenvalue weighted by molar-refractivity contribution is 9.10. The maximum atomic E-state index is 13.6. The number of hydrogen-bond acceptors (Lipinski definition) is 3. The summed E-state index contributed by atoms with van der Waals surface area (Å²) in [5.74, 6) is -0.632. The van der Waals surface area contributed by atoms with Crippen molar-refractivity contribution in [2.75, 3.05) is 7.11 Å². The van der Waals surface area contributed by atoms with Crippen molar-refractivity contribution in [3.8, 4) is 0 Å². The van der Waals surface area contributed by atoms with Crippen LogP contribution in [0, 0.1) is 5.82 Å². The largest absolute Gasteiger partial charge is 0.380 e. The molecule has 2 aromatic rings. The lowest BCUT2D eigenvalue weighted by Crippen LogP contribution is -2.48. The molecule has 0 aliphatic heterocycles. The summed E-state index contributed by atoms with van der Waals surface area (Å²) in [6, 6.07) is 12.0. The Morgan fingerprint density at radius 1 is 1.28 bits per heavy atom. The van der Waals surface area contributed by atoms with Gasteiger partial charge in [-0.25, -0.2) is 4.39 Å². The van der Waals surface area contributed by atoms with Crippen LogP contribution in [0.15, 0.2) is 46.9 Å². The summed E-state index contributed by atoms with van der Waals surface area (Å²) in [7, 11) is 1.51. The first-order valence-electron chi connectivity index (χ1n) is 7.44. The fourth-order valence-electron chi connectivity index (χ4n) is 2.30. The molecule has 0 spiro atoms. The molecule has 1 unspecified atom stereocenters. The van der Waals surface area contributed by atoms with Crippen molar-refractivity contribution in [3.05, 3.63) is 69.4 Å². The van der Waals surface area contributed by atoms with E-state index in [0.717, 1.165) is 10.0 Å². The Morgan fingerprint density at radius 2 is 1.92 bits per heavy atom. The van der Waals surface area contributed by atoms with Crippen molar-refractivity contribution < 1.29 is 13.9 Å². The summed E-state index contributed by atoms with van der Waals surface area (Å²) in [5, 5.41) is 2.80. The third-order valence-electron chi connectivity index (χ3n) is 3.78. The molecular formula is C18H21BrClFN2O2. The molecule has 0 bridgehead atoms. The summed E-state index contributed by atoms with van der Waals surface area (Å²) >= 11 is 3.35. The summed E-state index contributed by atoms with van der Waals surface area (Å²) < 4.78 is 19.5. The zero-order valence-electron chi connectivity index (χ0n) is 14.0. The molecule has 2 aromatic carbocycles. The van der Waals surface area contributed by atoms with E-state index in [2.05, 4.69) is 21.2 Å². The second-order valence-corrected chi connectivity index (χ2v) is 6.67. The summed E-state index contributed by atoms with van der Waals surface area (Å²) in [6.45, 7) is 2.10. The molecule has 0 aromatic heterocycles. The lowest BCUT2D eigenvalue weighted by molar-refractivity contribution is -0.126. The summed E-state index contributed by atoms with van der Waals surface area (Å²) in [4.78, 5) is 12.5. The van der Waals surface area contributed by atoms with Gasteiger partial charge in [-0.3, -0.25) is 4.79 Å². The molecule has 0 heterocycles. The van der Waals surface area contributed by atoms with Gasteiger partial charge in [-0.15, -0.1) is 12.4 Å². The number of hydrogen-bond donors (Lipinski definition) is 2. The van der Waals surface area contributed by atoms with Crippen LogP contribution in [-0.2, 0) is 28.2 Å². The molecule has 1 amide bonds. The Bertz CT molecular complexity index is 724. The first-order chi connectivity index (χ1) is 11.3. The lowest BCUT2D eigenvalue weighted by Gasteiger charge is -2.24. The molecule has 1 atom stereocenters. The number of methoxy groups -OCH3 is 1. The molecular weight excluding hydrogens is 411 g/mol. The van der Waals surface area contributed by atoms with Gasteiger partial charge in [0.25, 0.3) is 0 Å². The van der Waals surface area contributed by atoms with Crippen molar-refractivity contribution in [3.63, 3.8) is 0 Å². The van der Waals surface area contributed by atoms with E-state index in [1.807, 2.05) is 12.1 Å². The Kier molecular flexibility index (Phi) is 8.02. The van der Waals surface area contributed by atoms with Crippen LogP contribution < -0.4 is 11.1 Å². The monoisotopic (exact) mass is 430 g/mol. The van der Waals surface area contributed by atoms with Gasteiger partial charge < -0.3 is 15.8 Å². The number of ether oxygens (including phenoxy) is 1. The van der Waals surface area contributed by atoms with Gasteiger partial charge >= 0.3 is 0 Å². The van der Waals surface area contributed by atoms with Gasteiger partial charge in [-0.2, -0.15) is 0 Å². The van der Waals surface area contributed by atoms with Gasteiger partial charge in [0.15, 0.2) is 0 Å². The van der Waals surface area contributed by atoms with Crippen LogP contribution in [-0.4, -0.2) is 13.0 Å². The molecule has 136 valence electrons. The minimum Gasteiger partial charge on any atom is -0.380 e. The SMILES string of the molecule is COCc1cc(CNC(=O)C(C)(N)c2ccc(Br)cc2)ccc1F.Cl. The zero-order chi connectivity index (χ0) is 17.7. The van der Waals surface area contributed by atoms with E-state index in [4.69, 9.17) is 10.5 Å². The van der Waals surface area contributed by atoms with E-state index in [9.17, 15) is 9.18 Å². The first-order valence-corrected chi connectivity index (χ1v) is 8.23. The van der Waals surface area contributed by atoms with Crippen LogP contribution in [0.2, 0.25) is 0 Å². The van der Waals surface area contributed by atoms with Gasteiger partial charge in [0, 0.05) is 23.7 Å². The third-order valence-corrected chi connectivity index (χ3v) is 4.31. The predicted molar refractivity (Wildman–Crippen MR) is 102 cm³/mol. The number of amides is 1. The maximum absolute atomic E-state index is 13.6. The van der Waals surface area contributed by atoms with E-state index < -0.39 is 5.54 Å². The van der Waals surface area contributed by atoms with E-state index >= 15 is 0 Å². The van der Waals surface area contributed by atoms with Crippen molar-refractivity contribution >= 4 is 34.2 Å². The number of carbonyl (C=O) groups is 1. The zero-order valence-corrected chi connectivity index (χ0v) is 16.4. The molecule has 2 rings (SSSR count). The smallest absolute Gasteiger partial charge is 0.244 e. The molecule has 25 heavy (non-hydrogen) atoms. The molecule has 0 aliphatic carbocycles. The third kappa shape index (κ3) is 5.51. The highest BCUT2D eigenvalue weighted by Crippen LogP contribution is 2.21. The number of rotatable bonds is 6. The summed E-state index contributed by atoms with van der Waals surface area (Å²) in [5.41, 5.74) is 6.98. The molecule has 7 heteroatoms. The minimum absolute atomic E-state index is 0. The van der Waals surface area contributed by atoms with E-state index in [-0.39, 0.29) is 37.3 Å². The quantitative estimate of drug-likeness (QED) is 0.734. The topological polar surface area (TPSA) is 64.3 Å². The molecule has 0 saturated heterocycles. The van der Waals surface area contributed by atoms with E-state index in [1.165, 1.54) is 13.2 Å². The Labute approximate surface area is 161 Å². The molecule has 4 nitrogen and oxygen atoms in total. The highest BCUT2D eigenvalue weighted by atomic mass is 79.9. The first kappa shape index (κ1) is 21.6. The fourth-order valence-corrected chi connectivity index (χ4v) is 2.56. The van der Waals surface area contributed by atoms with Crippen molar-refractivity contribution in [2.24, 2.45) is 5.73 Å². The number of benzene rings is 2. The molecule has 0 aliphatic rings. The van der Waals surface area contributed by atoms with E-state index in [1.54, 1.807) is 31.2 Å². The van der Waals surface area contributed by atoms with Gasteiger partial charge in [-0.1, -0.05) is 34.1 Å². The number of halogens is 3. The Morgan fingerprint density at radius 3 is 2.52 bits per heavy atom. The number of carbonyl (C=O) groups excluding carboxylic acids is 1. The van der Waals surface area contributed by atoms with Crippen LogP contribution >= 0.6 is 28.3 Å². The Balaban J connectivity index is 0.00000312. The minimum atomic E-state index is -1.16. The van der Waals surface area contributed by atoms with Crippen LogP contribution in [0.1, 0.15) is 23.6 Å². The van der Waals surface area contributed by atoms with Crippen LogP contribution in [0.5, 0.6) is 0 Å². The van der Waals surface area contributed by atoms with Crippen LogP contribution in [0.3, 0.4) is 0 Å². The van der Waals surface area contributed by atoms with Crippen LogP contribution in [0.4, 0.5) is 4.39 Å². The van der Waals surface area contributed by atoms with Crippen LogP contribution in [0.25, 0.3) is 0 Å². The maximum Gasteiger partial charge on any atom is 0.244 e. The second-order valence-electron chi connectivity index (χ2n) is 5.75. The number of nitrogens with two attached hydrogens (primary N) is 1. The molecule has 3 N–H and O–H groups in total. The van der Waals surface area contributed by atoms with Crippen molar-refractivity contribution in [1.29, 1.82) is 0 Å². The average molecular weight is 432 g/mol. The number of nitrogens with one attached hydrogen (secondary N) is 1. The van der Waals surface area contributed by atoms with Crippen molar-refractivity contribution in [1.82, 2.24) is 5.32 Å². The normalized spacial score (nSPS) is 12.8. The standard InChI is InChI=1S/C18H20BrFN2O2.ClH/c1-18(21,14-4-6-15(19)7-5-14)17(23)22-10-12-3-8-16(20)13(9-12)11-24-2;/h3-9H,10-11,21H2,1-2H3,(H,22,23);1H. The molecule has 0 fully saturated rings. The molecule has 0 saturated carbocycles. The van der Waals surface area contributed by atoms with Gasteiger partial charge in [0.05, 0.1) is 6.61 Å². The Hall–Kier alpha value is -1.47. The highest BCUT2D eigenvalue weighted by Gasteiger charge is 2.30. The predicted octanol–water partition coefficient (Wildman–Crippen LogP) is 3.65. The molecule has 0 radical (unpaired) electrons. The average Bonchev–Trinajstić information content (AvgIpc) is 2.55.